The van der Waals surface area contributed by atoms with Gasteiger partial charge in [-0.1, -0.05) is 78.9 Å². The molecule has 1 N–H and O–H groups in total. The van der Waals surface area contributed by atoms with Gasteiger partial charge < -0.3 is 5.32 Å². The Morgan fingerprint density at radius 1 is 0.784 bits per heavy atom. The summed E-state index contributed by atoms with van der Waals surface area (Å²) < 4.78 is 14.3. The van der Waals surface area contributed by atoms with Gasteiger partial charge in [0.15, 0.2) is 16.7 Å². The van der Waals surface area contributed by atoms with Crippen molar-refractivity contribution in [3.63, 3.8) is 0 Å². The molecule has 4 aromatic carbocycles. The Bertz CT molecular complexity index is 1680. The fraction of sp³-hybridized carbons (Fsp3) is 0.0667. The van der Waals surface area contributed by atoms with Crippen molar-refractivity contribution >= 4 is 44.7 Å². The third kappa shape index (κ3) is 3.67. The molecular formula is C30H19FN2O3S. The quantitative estimate of drug-likeness (QED) is 0.278. The number of carbonyl (C=O) groups is 3. The molecule has 5 nitrogen and oxygen atoms in total. The van der Waals surface area contributed by atoms with E-state index in [9.17, 15) is 18.8 Å². The molecule has 1 aromatic heterocycles. The first-order chi connectivity index (χ1) is 18.0. The molecule has 180 valence electrons. The number of benzene rings is 4. The summed E-state index contributed by atoms with van der Waals surface area (Å²) in [6.45, 7) is 0. The lowest BCUT2D eigenvalue weighted by Crippen LogP contribution is -2.41. The van der Waals surface area contributed by atoms with E-state index in [0.717, 1.165) is 5.56 Å². The van der Waals surface area contributed by atoms with Gasteiger partial charge in [0.2, 0.25) is 5.91 Å². The number of fused-ring (bicyclic) bond motifs is 2. The maximum absolute atomic E-state index is 14.3. The SMILES string of the molecule is O=C(CC1(c2ccccc2)C(=O)c2ccccc2C1=O)Nc1nc(-c2ccc(F)c3ccccc23)cs1. The standard InChI is InChI=1S/C30H19FN2O3S/c31-24-15-14-21(19-10-4-5-11-20(19)24)25-17-37-29(32-25)33-26(34)16-30(18-8-2-1-3-9-18)27(35)22-12-6-7-13-23(22)28(30)36/h1-15,17H,16H2,(H,32,33,34). The molecule has 1 aliphatic rings. The molecule has 0 radical (unpaired) electrons. The lowest BCUT2D eigenvalue weighted by molar-refractivity contribution is -0.116. The lowest BCUT2D eigenvalue weighted by atomic mass is 9.73. The smallest absolute Gasteiger partial charge is 0.227 e. The molecular weight excluding hydrogens is 487 g/mol. The summed E-state index contributed by atoms with van der Waals surface area (Å²) in [7, 11) is 0. The van der Waals surface area contributed by atoms with Crippen molar-refractivity contribution in [1.82, 2.24) is 4.98 Å². The number of rotatable bonds is 5. The summed E-state index contributed by atoms with van der Waals surface area (Å²) in [5.41, 5.74) is 0.824. The molecule has 37 heavy (non-hydrogen) atoms. The first-order valence-corrected chi connectivity index (χ1v) is 12.5. The summed E-state index contributed by atoms with van der Waals surface area (Å²) >= 11 is 1.22. The van der Waals surface area contributed by atoms with Crippen molar-refractivity contribution in [2.75, 3.05) is 5.32 Å². The second kappa shape index (κ2) is 8.87. The van der Waals surface area contributed by atoms with Crippen molar-refractivity contribution < 1.29 is 18.8 Å². The Labute approximate surface area is 215 Å². The van der Waals surface area contributed by atoms with Gasteiger partial charge in [0.25, 0.3) is 0 Å². The van der Waals surface area contributed by atoms with E-state index in [2.05, 4.69) is 10.3 Å². The summed E-state index contributed by atoms with van der Waals surface area (Å²) in [6, 6.07) is 25.6. The minimum absolute atomic E-state index is 0.318. The number of nitrogens with zero attached hydrogens (tertiary/aromatic N) is 1. The minimum atomic E-state index is -1.64. The number of Topliss-reactive ketones (excluding diaryl/α,β-unsaturated/α-hetero) is 2. The van der Waals surface area contributed by atoms with Gasteiger partial charge >= 0.3 is 0 Å². The van der Waals surface area contributed by atoms with Gasteiger partial charge in [-0.05, 0) is 23.1 Å². The van der Waals surface area contributed by atoms with Gasteiger partial charge in [-0.2, -0.15) is 0 Å². The van der Waals surface area contributed by atoms with Crippen LogP contribution in [0, 0.1) is 5.82 Å². The number of hydrogen-bond donors (Lipinski definition) is 1. The van der Waals surface area contributed by atoms with Gasteiger partial charge in [0, 0.05) is 27.5 Å². The van der Waals surface area contributed by atoms with E-state index >= 15 is 0 Å². The monoisotopic (exact) mass is 506 g/mol. The number of nitrogens with one attached hydrogen (secondary N) is 1. The van der Waals surface area contributed by atoms with E-state index in [0.29, 0.717) is 38.3 Å². The van der Waals surface area contributed by atoms with Crippen molar-refractivity contribution in [3.05, 3.63) is 119 Å². The van der Waals surface area contributed by atoms with Crippen LogP contribution in [0.5, 0.6) is 0 Å². The maximum atomic E-state index is 14.3. The Morgan fingerprint density at radius 3 is 2.11 bits per heavy atom. The normalized spacial score (nSPS) is 14.1. The van der Waals surface area contributed by atoms with Crippen molar-refractivity contribution in [1.29, 1.82) is 0 Å². The van der Waals surface area contributed by atoms with E-state index in [1.54, 1.807) is 78.2 Å². The van der Waals surface area contributed by atoms with E-state index in [4.69, 9.17) is 0 Å². The number of halogens is 1. The lowest BCUT2D eigenvalue weighted by Gasteiger charge is -2.25. The fourth-order valence-corrected chi connectivity index (χ4v) is 5.76. The first kappa shape index (κ1) is 22.9. The molecule has 6 rings (SSSR count). The molecule has 0 spiro atoms. The number of anilines is 1. The van der Waals surface area contributed by atoms with E-state index < -0.39 is 11.3 Å². The molecule has 0 fully saturated rings. The van der Waals surface area contributed by atoms with Crippen LogP contribution in [0.25, 0.3) is 22.0 Å². The van der Waals surface area contributed by atoms with Crippen LogP contribution < -0.4 is 5.32 Å². The third-order valence-electron chi connectivity index (χ3n) is 6.78. The number of thiazole rings is 1. The van der Waals surface area contributed by atoms with Gasteiger partial charge in [-0.25, -0.2) is 9.37 Å². The highest BCUT2D eigenvalue weighted by molar-refractivity contribution is 7.14. The predicted octanol–water partition coefficient (Wildman–Crippen LogP) is 6.45. The van der Waals surface area contributed by atoms with Gasteiger partial charge in [-0.15, -0.1) is 11.3 Å². The van der Waals surface area contributed by atoms with Crippen LogP contribution >= 0.6 is 11.3 Å². The molecule has 0 aliphatic heterocycles. The average Bonchev–Trinajstić information content (AvgIpc) is 3.47. The van der Waals surface area contributed by atoms with Crippen LogP contribution in [-0.4, -0.2) is 22.5 Å². The number of carbonyl (C=O) groups excluding carboxylic acids is 3. The van der Waals surface area contributed by atoms with E-state index in [1.165, 1.54) is 17.4 Å². The fourth-order valence-electron chi connectivity index (χ4n) is 5.03. The molecule has 5 aromatic rings. The molecule has 0 saturated heterocycles. The van der Waals surface area contributed by atoms with Crippen molar-refractivity contribution in [2.45, 2.75) is 11.8 Å². The Kier molecular flexibility index (Phi) is 5.50. The molecule has 0 atom stereocenters. The van der Waals surface area contributed by atoms with Crippen LogP contribution in [0.3, 0.4) is 0 Å². The van der Waals surface area contributed by atoms with Gasteiger partial charge in [0.05, 0.1) is 12.1 Å². The number of aromatic nitrogens is 1. The van der Waals surface area contributed by atoms with E-state index in [-0.39, 0.29) is 23.8 Å². The highest BCUT2D eigenvalue weighted by Crippen LogP contribution is 2.42. The minimum Gasteiger partial charge on any atom is -0.302 e. The van der Waals surface area contributed by atoms with Crippen LogP contribution in [-0.2, 0) is 10.2 Å². The predicted molar refractivity (Wildman–Crippen MR) is 141 cm³/mol. The van der Waals surface area contributed by atoms with Gasteiger partial charge in [0.1, 0.15) is 11.2 Å². The van der Waals surface area contributed by atoms with Crippen LogP contribution in [0.2, 0.25) is 0 Å². The zero-order valence-electron chi connectivity index (χ0n) is 19.4. The molecule has 1 heterocycles. The summed E-state index contributed by atoms with van der Waals surface area (Å²) in [5, 5.41) is 6.08. The van der Waals surface area contributed by atoms with Crippen LogP contribution in [0.1, 0.15) is 32.7 Å². The zero-order valence-corrected chi connectivity index (χ0v) is 20.2. The Balaban J connectivity index is 1.32. The third-order valence-corrected chi connectivity index (χ3v) is 7.54. The Hall–Kier alpha value is -4.49. The summed E-state index contributed by atoms with van der Waals surface area (Å²) in [6.07, 6.45) is -0.349. The highest BCUT2D eigenvalue weighted by Gasteiger charge is 2.55. The molecule has 0 unspecified atom stereocenters. The maximum Gasteiger partial charge on any atom is 0.227 e. The first-order valence-electron chi connectivity index (χ1n) is 11.7. The Morgan fingerprint density at radius 2 is 1.41 bits per heavy atom. The van der Waals surface area contributed by atoms with Gasteiger partial charge in [-0.3, -0.25) is 14.4 Å². The molecule has 0 saturated carbocycles. The van der Waals surface area contributed by atoms with Crippen LogP contribution in [0.15, 0.2) is 96.4 Å². The largest absolute Gasteiger partial charge is 0.302 e. The topological polar surface area (TPSA) is 76.1 Å². The van der Waals surface area contributed by atoms with Crippen molar-refractivity contribution in [2.24, 2.45) is 0 Å². The number of ketones is 2. The second-order valence-electron chi connectivity index (χ2n) is 8.88. The van der Waals surface area contributed by atoms with Crippen LogP contribution in [0.4, 0.5) is 9.52 Å². The summed E-state index contributed by atoms with van der Waals surface area (Å²) in [4.78, 5) is 45.1. The number of hydrogen-bond acceptors (Lipinski definition) is 5. The molecule has 0 bridgehead atoms. The molecule has 1 amide bonds. The van der Waals surface area contributed by atoms with E-state index in [1.807, 2.05) is 12.1 Å². The number of amides is 1. The van der Waals surface area contributed by atoms with Crippen molar-refractivity contribution in [3.8, 4) is 11.3 Å². The second-order valence-corrected chi connectivity index (χ2v) is 9.74. The summed E-state index contributed by atoms with van der Waals surface area (Å²) in [5.74, 6) is -1.58. The molecule has 7 heteroatoms. The zero-order chi connectivity index (χ0) is 25.6. The highest BCUT2D eigenvalue weighted by atomic mass is 32.1. The average molecular weight is 507 g/mol. The molecule has 1 aliphatic carbocycles.